The Labute approximate surface area is 192 Å². The molecule has 2 heterocycles. The van der Waals surface area contributed by atoms with Crippen molar-refractivity contribution in [3.63, 3.8) is 0 Å². The zero-order chi connectivity index (χ0) is 23.3. The van der Waals surface area contributed by atoms with Gasteiger partial charge in [-0.3, -0.25) is 19.2 Å². The van der Waals surface area contributed by atoms with Gasteiger partial charge in [0.2, 0.25) is 0 Å². The van der Waals surface area contributed by atoms with Gasteiger partial charge in [0.05, 0.1) is 13.2 Å². The molecule has 0 unspecified atom stereocenters. The molecule has 31 heavy (non-hydrogen) atoms. The number of thioether (sulfide) groups is 2. The lowest BCUT2D eigenvalue weighted by molar-refractivity contribution is -0.145. The molecule has 0 aliphatic carbocycles. The molecule has 0 aliphatic heterocycles. The van der Waals surface area contributed by atoms with E-state index in [9.17, 15) is 19.2 Å². The summed E-state index contributed by atoms with van der Waals surface area (Å²) in [6.45, 7) is 10.1. The number of hydrogen-bond acceptors (Lipinski definition) is 11. The zero-order valence-electron chi connectivity index (χ0n) is 18.1. The molecule has 0 aromatic carbocycles. The SMILES string of the molecule is CCOC(=O)[C@@H](Sc1nc(S[C@@H](C(C)=O)C(=O)OCC)c2c(C)c(C)sc2n1)C(C)=O. The highest BCUT2D eigenvalue weighted by atomic mass is 32.2. The van der Waals surface area contributed by atoms with E-state index in [2.05, 4.69) is 9.97 Å². The number of ketones is 2. The van der Waals surface area contributed by atoms with Crippen LogP contribution in [0.4, 0.5) is 0 Å². The monoisotopic (exact) mass is 484 g/mol. The summed E-state index contributed by atoms with van der Waals surface area (Å²) >= 11 is 3.31. The van der Waals surface area contributed by atoms with Crippen LogP contribution in [0.1, 0.15) is 38.1 Å². The number of hydrogen-bond donors (Lipinski definition) is 0. The first-order valence-corrected chi connectivity index (χ1v) is 12.1. The van der Waals surface area contributed by atoms with Crippen molar-refractivity contribution in [2.45, 2.75) is 62.2 Å². The number of nitrogens with zero attached hydrogens (tertiary/aromatic N) is 2. The number of Topliss-reactive ketones (excluding diaryl/α,β-unsaturated/α-hetero) is 2. The second-order valence-electron chi connectivity index (χ2n) is 6.50. The van der Waals surface area contributed by atoms with Gasteiger partial charge in [-0.15, -0.1) is 11.3 Å². The first kappa shape index (κ1) is 25.3. The number of aryl methyl sites for hydroxylation is 2. The molecule has 0 saturated heterocycles. The fourth-order valence-corrected chi connectivity index (χ4v) is 5.68. The average molecular weight is 485 g/mol. The van der Waals surface area contributed by atoms with Gasteiger partial charge >= 0.3 is 11.9 Å². The van der Waals surface area contributed by atoms with Crippen LogP contribution in [0.5, 0.6) is 0 Å². The summed E-state index contributed by atoms with van der Waals surface area (Å²) in [5, 5.41) is -0.831. The minimum absolute atomic E-state index is 0.146. The number of carbonyl (C=O) groups is 4. The van der Waals surface area contributed by atoms with Gasteiger partial charge in [-0.2, -0.15) is 0 Å². The van der Waals surface area contributed by atoms with Crippen LogP contribution in [0, 0.1) is 13.8 Å². The first-order valence-electron chi connectivity index (χ1n) is 9.55. The average Bonchev–Trinajstić information content (AvgIpc) is 2.97. The molecule has 2 atom stereocenters. The van der Waals surface area contributed by atoms with Crippen molar-refractivity contribution < 1.29 is 28.7 Å². The summed E-state index contributed by atoms with van der Waals surface area (Å²) < 4.78 is 10.0. The number of carbonyl (C=O) groups excluding carboxylic acids is 4. The molecule has 0 N–H and O–H groups in total. The Morgan fingerprint density at radius 3 is 1.90 bits per heavy atom. The molecule has 0 spiro atoms. The Hall–Kier alpha value is -1.98. The third kappa shape index (κ3) is 6.05. The lowest BCUT2D eigenvalue weighted by atomic mass is 10.2. The van der Waals surface area contributed by atoms with E-state index in [1.54, 1.807) is 13.8 Å². The van der Waals surface area contributed by atoms with Gasteiger partial charge in [-0.1, -0.05) is 23.5 Å². The first-order chi connectivity index (χ1) is 14.6. The van der Waals surface area contributed by atoms with E-state index in [0.717, 1.165) is 39.4 Å². The minimum atomic E-state index is -1.11. The molecule has 0 radical (unpaired) electrons. The molecule has 0 amide bonds. The number of rotatable bonds is 10. The number of ether oxygens (including phenoxy) is 2. The Bertz CT molecular complexity index is 1020. The van der Waals surface area contributed by atoms with Crippen LogP contribution in [-0.4, -0.2) is 57.2 Å². The summed E-state index contributed by atoms with van der Waals surface area (Å²) in [5.41, 5.74) is 0.943. The Morgan fingerprint density at radius 1 is 0.903 bits per heavy atom. The molecule has 0 bridgehead atoms. The topological polar surface area (TPSA) is 113 Å². The standard InChI is InChI=1S/C20H24N2O6S3/c1-7-27-18(25)14(10(4)23)30-17-13-9(3)12(6)29-16(13)21-20(22-17)31-15(11(5)24)19(26)28-8-2/h14-15H,7-8H2,1-6H3/t14-,15-/m0/s1. The molecule has 0 aliphatic rings. The fourth-order valence-electron chi connectivity index (χ4n) is 2.58. The van der Waals surface area contributed by atoms with Crippen LogP contribution in [0.2, 0.25) is 0 Å². The van der Waals surface area contributed by atoms with Crippen LogP contribution >= 0.6 is 34.9 Å². The van der Waals surface area contributed by atoms with Crippen molar-refractivity contribution in [3.8, 4) is 0 Å². The Balaban J connectivity index is 2.54. The number of fused-ring (bicyclic) bond motifs is 1. The van der Waals surface area contributed by atoms with Gasteiger partial charge in [0.25, 0.3) is 0 Å². The zero-order valence-corrected chi connectivity index (χ0v) is 20.6. The maximum atomic E-state index is 12.3. The van der Waals surface area contributed by atoms with Crippen molar-refractivity contribution >= 4 is 68.6 Å². The highest BCUT2D eigenvalue weighted by Gasteiger charge is 2.31. The maximum Gasteiger partial charge on any atom is 0.327 e. The smallest absolute Gasteiger partial charge is 0.327 e. The predicted octanol–water partition coefficient (Wildman–Crippen LogP) is 3.53. The Morgan fingerprint density at radius 2 is 1.42 bits per heavy atom. The van der Waals surface area contributed by atoms with Gasteiger partial charge in [-0.05, 0) is 47.1 Å². The maximum absolute atomic E-state index is 12.3. The summed E-state index contributed by atoms with van der Waals surface area (Å²) in [4.78, 5) is 59.3. The van der Waals surface area contributed by atoms with Gasteiger partial charge in [0.1, 0.15) is 9.86 Å². The third-order valence-corrected chi connectivity index (χ3v) is 7.70. The van der Waals surface area contributed by atoms with E-state index in [1.165, 1.54) is 25.2 Å². The summed E-state index contributed by atoms with van der Waals surface area (Å²) in [6, 6.07) is 0. The molecule has 11 heteroatoms. The fraction of sp³-hybridized carbons (Fsp3) is 0.500. The van der Waals surface area contributed by atoms with Crippen molar-refractivity contribution in [3.05, 3.63) is 10.4 Å². The molecule has 0 fully saturated rings. The quantitative estimate of drug-likeness (QED) is 0.163. The Kier molecular flexibility index (Phi) is 9.01. The molecule has 2 aromatic heterocycles. The summed E-state index contributed by atoms with van der Waals surface area (Å²) in [7, 11) is 0. The summed E-state index contributed by atoms with van der Waals surface area (Å²) in [6.07, 6.45) is 0. The van der Waals surface area contributed by atoms with E-state index < -0.39 is 22.4 Å². The van der Waals surface area contributed by atoms with Crippen molar-refractivity contribution in [2.75, 3.05) is 13.2 Å². The predicted molar refractivity (Wildman–Crippen MR) is 121 cm³/mol. The van der Waals surface area contributed by atoms with Crippen molar-refractivity contribution in [1.82, 2.24) is 9.97 Å². The van der Waals surface area contributed by atoms with Gasteiger partial charge in [0, 0.05) is 10.3 Å². The van der Waals surface area contributed by atoms with Crippen molar-refractivity contribution in [2.24, 2.45) is 0 Å². The van der Waals surface area contributed by atoms with Crippen LogP contribution in [-0.2, 0) is 28.7 Å². The highest BCUT2D eigenvalue weighted by molar-refractivity contribution is 8.02. The van der Waals surface area contributed by atoms with E-state index in [0.29, 0.717) is 9.86 Å². The van der Waals surface area contributed by atoms with Crippen LogP contribution in [0.3, 0.4) is 0 Å². The lowest BCUT2D eigenvalue weighted by Crippen LogP contribution is -2.28. The third-order valence-electron chi connectivity index (χ3n) is 4.17. The van der Waals surface area contributed by atoms with Gasteiger partial charge < -0.3 is 9.47 Å². The van der Waals surface area contributed by atoms with Gasteiger partial charge in [-0.25, -0.2) is 9.97 Å². The second kappa shape index (κ2) is 11.1. The van der Waals surface area contributed by atoms with Crippen molar-refractivity contribution in [1.29, 1.82) is 0 Å². The highest BCUT2D eigenvalue weighted by Crippen LogP contribution is 2.39. The van der Waals surface area contributed by atoms with E-state index in [1.807, 2.05) is 13.8 Å². The van der Waals surface area contributed by atoms with Crippen LogP contribution < -0.4 is 0 Å². The van der Waals surface area contributed by atoms with Crippen LogP contribution in [0.15, 0.2) is 10.2 Å². The molecule has 2 aromatic rings. The molecular formula is C20H24N2O6S3. The molecule has 0 saturated carbocycles. The normalized spacial score (nSPS) is 13.0. The van der Waals surface area contributed by atoms with E-state index in [4.69, 9.17) is 9.47 Å². The van der Waals surface area contributed by atoms with Crippen LogP contribution in [0.25, 0.3) is 10.2 Å². The van der Waals surface area contributed by atoms with E-state index >= 15 is 0 Å². The molecule has 2 rings (SSSR count). The minimum Gasteiger partial charge on any atom is -0.465 e. The number of aromatic nitrogens is 2. The van der Waals surface area contributed by atoms with E-state index in [-0.39, 0.29) is 29.9 Å². The second-order valence-corrected chi connectivity index (χ2v) is 9.87. The molecular weight excluding hydrogens is 460 g/mol. The molecule has 168 valence electrons. The lowest BCUT2D eigenvalue weighted by Gasteiger charge is -2.14. The largest absolute Gasteiger partial charge is 0.465 e. The van der Waals surface area contributed by atoms with Gasteiger partial charge in [0.15, 0.2) is 27.2 Å². The summed E-state index contributed by atoms with van der Waals surface area (Å²) in [5.74, 6) is -2.04. The number of esters is 2. The number of thiophene rings is 1. The molecule has 8 nitrogen and oxygen atoms in total.